The summed E-state index contributed by atoms with van der Waals surface area (Å²) in [5, 5.41) is 9.12. The van der Waals surface area contributed by atoms with E-state index in [1.54, 1.807) is 13.0 Å². The summed E-state index contributed by atoms with van der Waals surface area (Å²) < 4.78 is 15.3. The van der Waals surface area contributed by atoms with Gasteiger partial charge in [0.1, 0.15) is 5.82 Å². The molecule has 0 unspecified atom stereocenters. The molecule has 0 aliphatic heterocycles. The fourth-order valence-corrected chi connectivity index (χ4v) is 2.51. The van der Waals surface area contributed by atoms with Crippen molar-refractivity contribution in [1.29, 1.82) is 0 Å². The molecule has 0 fully saturated rings. The minimum Gasteiger partial charge on any atom is -0.379 e. The third-order valence-electron chi connectivity index (χ3n) is 3.65. The molecule has 0 aliphatic rings. The number of hydrogen-bond acceptors (Lipinski definition) is 2. The van der Waals surface area contributed by atoms with E-state index in [-0.39, 0.29) is 5.82 Å². The summed E-state index contributed by atoms with van der Waals surface area (Å²) in [6.07, 6.45) is 0. The van der Waals surface area contributed by atoms with Crippen LogP contribution in [0.25, 0.3) is 10.9 Å². The van der Waals surface area contributed by atoms with Gasteiger partial charge < -0.3 is 5.32 Å². The van der Waals surface area contributed by atoms with Gasteiger partial charge in [0, 0.05) is 17.6 Å². The summed E-state index contributed by atoms with van der Waals surface area (Å²) in [4.78, 5) is 0. The minimum absolute atomic E-state index is 0.179. The van der Waals surface area contributed by atoms with Gasteiger partial charge in [0.25, 0.3) is 0 Å². The first-order chi connectivity index (χ1) is 10.2. The average molecular weight is 283 g/mol. The van der Waals surface area contributed by atoms with Crippen LogP contribution in [0.5, 0.6) is 0 Å². The summed E-state index contributed by atoms with van der Waals surface area (Å²) in [7, 11) is 0. The lowest BCUT2D eigenvalue weighted by atomic mass is 10.2. The van der Waals surface area contributed by atoms with Crippen molar-refractivity contribution in [3.63, 3.8) is 0 Å². The number of halogens is 1. The first-order valence-electron chi connectivity index (χ1n) is 7.13. The minimum atomic E-state index is -0.179. The third kappa shape index (κ3) is 2.61. The van der Waals surface area contributed by atoms with Crippen LogP contribution in [0.15, 0.2) is 42.5 Å². The molecular weight excluding hydrogens is 265 g/mol. The van der Waals surface area contributed by atoms with E-state index >= 15 is 0 Å². The SMILES string of the molecule is CCn1nc(CNc2ccc(F)c(C)c2)c2ccccc21. The van der Waals surface area contributed by atoms with Crippen LogP contribution in [-0.4, -0.2) is 9.78 Å². The molecule has 0 amide bonds. The summed E-state index contributed by atoms with van der Waals surface area (Å²) in [6.45, 7) is 5.32. The van der Waals surface area contributed by atoms with Gasteiger partial charge in [-0.05, 0) is 43.7 Å². The Hall–Kier alpha value is -2.36. The molecule has 21 heavy (non-hydrogen) atoms. The third-order valence-corrected chi connectivity index (χ3v) is 3.65. The molecule has 0 spiro atoms. The molecule has 108 valence electrons. The van der Waals surface area contributed by atoms with E-state index in [9.17, 15) is 4.39 Å². The van der Waals surface area contributed by atoms with Crippen LogP contribution >= 0.6 is 0 Å². The molecule has 1 N–H and O–H groups in total. The molecule has 0 radical (unpaired) electrons. The molecule has 3 nitrogen and oxygen atoms in total. The highest BCUT2D eigenvalue weighted by Gasteiger charge is 2.08. The monoisotopic (exact) mass is 283 g/mol. The number of benzene rings is 2. The molecule has 2 aromatic carbocycles. The Labute approximate surface area is 123 Å². The van der Waals surface area contributed by atoms with Gasteiger partial charge in [-0.15, -0.1) is 0 Å². The quantitative estimate of drug-likeness (QED) is 0.780. The summed E-state index contributed by atoms with van der Waals surface area (Å²) in [6, 6.07) is 13.3. The second kappa shape index (κ2) is 5.56. The van der Waals surface area contributed by atoms with Crippen molar-refractivity contribution in [1.82, 2.24) is 9.78 Å². The highest BCUT2D eigenvalue weighted by molar-refractivity contribution is 5.82. The Kier molecular flexibility index (Phi) is 3.60. The maximum absolute atomic E-state index is 13.3. The number of aromatic nitrogens is 2. The standard InChI is InChI=1S/C17H18FN3/c1-3-21-17-7-5-4-6-14(17)16(20-21)11-19-13-8-9-15(18)12(2)10-13/h4-10,19H,3,11H2,1-2H3. The lowest BCUT2D eigenvalue weighted by Crippen LogP contribution is -2.03. The number of para-hydroxylation sites is 1. The lowest BCUT2D eigenvalue weighted by Gasteiger charge is -2.06. The van der Waals surface area contributed by atoms with Crippen molar-refractivity contribution >= 4 is 16.6 Å². The van der Waals surface area contributed by atoms with E-state index in [0.29, 0.717) is 12.1 Å². The maximum Gasteiger partial charge on any atom is 0.126 e. The highest BCUT2D eigenvalue weighted by atomic mass is 19.1. The number of nitrogens with zero attached hydrogens (tertiary/aromatic N) is 2. The fourth-order valence-electron chi connectivity index (χ4n) is 2.51. The van der Waals surface area contributed by atoms with Crippen molar-refractivity contribution < 1.29 is 4.39 Å². The molecular formula is C17H18FN3. The number of fused-ring (bicyclic) bond motifs is 1. The normalized spacial score (nSPS) is 11.0. The van der Waals surface area contributed by atoms with Crippen molar-refractivity contribution in [2.75, 3.05) is 5.32 Å². The molecule has 1 heterocycles. The van der Waals surface area contributed by atoms with Crippen LogP contribution in [0.3, 0.4) is 0 Å². The van der Waals surface area contributed by atoms with E-state index in [0.717, 1.165) is 28.8 Å². The second-order valence-corrected chi connectivity index (χ2v) is 5.10. The molecule has 1 aromatic heterocycles. The molecule has 4 heteroatoms. The van der Waals surface area contributed by atoms with E-state index < -0.39 is 0 Å². The first kappa shape index (κ1) is 13.6. The smallest absolute Gasteiger partial charge is 0.126 e. The average Bonchev–Trinajstić information content (AvgIpc) is 2.87. The molecule has 0 bridgehead atoms. The fraction of sp³-hybridized carbons (Fsp3) is 0.235. The van der Waals surface area contributed by atoms with Gasteiger partial charge in [0.05, 0.1) is 17.8 Å². The molecule has 0 saturated carbocycles. The van der Waals surface area contributed by atoms with Crippen LogP contribution in [0.4, 0.5) is 10.1 Å². The molecule has 0 aliphatic carbocycles. The number of anilines is 1. The zero-order valence-corrected chi connectivity index (χ0v) is 12.2. The number of hydrogen-bond donors (Lipinski definition) is 1. The van der Waals surface area contributed by atoms with Crippen LogP contribution in [-0.2, 0) is 13.1 Å². The van der Waals surface area contributed by atoms with Gasteiger partial charge in [-0.2, -0.15) is 5.10 Å². The van der Waals surface area contributed by atoms with Crippen molar-refractivity contribution in [2.45, 2.75) is 26.9 Å². The Bertz CT molecular complexity index is 777. The predicted molar refractivity (Wildman–Crippen MR) is 83.9 cm³/mol. The predicted octanol–water partition coefficient (Wildman–Crippen LogP) is 4.12. The van der Waals surface area contributed by atoms with Crippen molar-refractivity contribution in [3.05, 3.63) is 59.5 Å². The van der Waals surface area contributed by atoms with Gasteiger partial charge in [0.2, 0.25) is 0 Å². The summed E-state index contributed by atoms with van der Waals surface area (Å²) >= 11 is 0. The van der Waals surface area contributed by atoms with Crippen LogP contribution in [0.1, 0.15) is 18.2 Å². The first-order valence-corrected chi connectivity index (χ1v) is 7.13. The molecule has 3 aromatic rings. The van der Waals surface area contributed by atoms with Crippen LogP contribution < -0.4 is 5.32 Å². The topological polar surface area (TPSA) is 29.9 Å². The number of nitrogens with one attached hydrogen (secondary N) is 1. The zero-order chi connectivity index (χ0) is 14.8. The van der Waals surface area contributed by atoms with Gasteiger partial charge in [-0.3, -0.25) is 4.68 Å². The van der Waals surface area contributed by atoms with E-state index in [2.05, 4.69) is 29.5 Å². The Balaban J connectivity index is 1.86. The number of rotatable bonds is 4. The largest absolute Gasteiger partial charge is 0.379 e. The Morgan fingerprint density at radius 3 is 2.76 bits per heavy atom. The van der Waals surface area contributed by atoms with E-state index in [4.69, 9.17) is 0 Å². The van der Waals surface area contributed by atoms with E-state index in [1.165, 1.54) is 6.07 Å². The summed E-state index contributed by atoms with van der Waals surface area (Å²) in [5.41, 5.74) is 3.70. The van der Waals surface area contributed by atoms with Gasteiger partial charge >= 0.3 is 0 Å². The van der Waals surface area contributed by atoms with Crippen molar-refractivity contribution in [2.24, 2.45) is 0 Å². The maximum atomic E-state index is 13.3. The van der Waals surface area contributed by atoms with Crippen molar-refractivity contribution in [3.8, 4) is 0 Å². The highest BCUT2D eigenvalue weighted by Crippen LogP contribution is 2.20. The van der Waals surface area contributed by atoms with Crippen LogP contribution in [0.2, 0.25) is 0 Å². The second-order valence-electron chi connectivity index (χ2n) is 5.10. The number of aryl methyl sites for hydroxylation is 2. The van der Waals surface area contributed by atoms with Gasteiger partial charge in [0.15, 0.2) is 0 Å². The van der Waals surface area contributed by atoms with Gasteiger partial charge in [-0.1, -0.05) is 18.2 Å². The van der Waals surface area contributed by atoms with Crippen LogP contribution in [0, 0.1) is 12.7 Å². The zero-order valence-electron chi connectivity index (χ0n) is 12.2. The molecule has 0 saturated heterocycles. The molecule has 0 atom stereocenters. The lowest BCUT2D eigenvalue weighted by molar-refractivity contribution is 0.618. The van der Waals surface area contributed by atoms with E-state index in [1.807, 2.05) is 22.9 Å². The Morgan fingerprint density at radius 2 is 2.00 bits per heavy atom. The van der Waals surface area contributed by atoms with Gasteiger partial charge in [-0.25, -0.2) is 4.39 Å². The molecule has 3 rings (SSSR count). The summed E-state index contributed by atoms with van der Waals surface area (Å²) in [5.74, 6) is -0.179. The Morgan fingerprint density at radius 1 is 1.19 bits per heavy atom.